The SMILES string of the molecule is CC1CC2Cc3c([nH]c4c3=CCCC=4)C2C2(C)CCC3CC(C(C)(C)O)C(=O)C=C3C12. The third kappa shape index (κ3) is 2.71. The van der Waals surface area contributed by atoms with Crippen LogP contribution in [0.5, 0.6) is 0 Å². The summed E-state index contributed by atoms with van der Waals surface area (Å²) in [5, 5.41) is 13.5. The summed E-state index contributed by atoms with van der Waals surface area (Å²) in [6.07, 6.45) is 14.9. The van der Waals surface area contributed by atoms with Gasteiger partial charge in [0.2, 0.25) is 0 Å². The van der Waals surface area contributed by atoms with E-state index in [9.17, 15) is 9.90 Å². The number of aromatic amines is 1. The summed E-state index contributed by atoms with van der Waals surface area (Å²) in [4.78, 5) is 17.0. The molecule has 2 fully saturated rings. The van der Waals surface area contributed by atoms with Gasteiger partial charge < -0.3 is 10.1 Å². The molecule has 0 saturated heterocycles. The van der Waals surface area contributed by atoms with Crippen LogP contribution in [0.1, 0.15) is 83.4 Å². The second-order valence-electron chi connectivity index (χ2n) is 12.2. The average molecular weight is 420 g/mol. The number of fused-ring (bicyclic) bond motifs is 9. The predicted octanol–water partition coefficient (Wildman–Crippen LogP) is 3.98. The van der Waals surface area contributed by atoms with E-state index in [-0.39, 0.29) is 17.1 Å². The number of ketones is 1. The summed E-state index contributed by atoms with van der Waals surface area (Å²) < 4.78 is 0. The highest BCUT2D eigenvalue weighted by Crippen LogP contribution is 2.66. The molecule has 1 aromatic heterocycles. The highest BCUT2D eigenvalue weighted by molar-refractivity contribution is 5.94. The topological polar surface area (TPSA) is 53.1 Å². The van der Waals surface area contributed by atoms with E-state index in [1.54, 1.807) is 19.4 Å². The van der Waals surface area contributed by atoms with Gasteiger partial charge in [-0.1, -0.05) is 31.6 Å². The van der Waals surface area contributed by atoms with Crippen molar-refractivity contribution in [2.24, 2.45) is 35.0 Å². The molecular weight excluding hydrogens is 382 g/mol. The van der Waals surface area contributed by atoms with E-state index in [4.69, 9.17) is 0 Å². The number of rotatable bonds is 1. The van der Waals surface area contributed by atoms with Gasteiger partial charge in [-0.15, -0.1) is 0 Å². The fourth-order valence-electron chi connectivity index (χ4n) is 8.78. The summed E-state index contributed by atoms with van der Waals surface area (Å²) in [7, 11) is 0. The normalized spacial score (nSPS) is 41.1. The van der Waals surface area contributed by atoms with Gasteiger partial charge in [-0.25, -0.2) is 0 Å². The number of aliphatic hydroxyl groups is 1. The summed E-state index contributed by atoms with van der Waals surface area (Å²) in [6, 6.07) is 0. The van der Waals surface area contributed by atoms with Crippen LogP contribution in [0.3, 0.4) is 0 Å². The van der Waals surface area contributed by atoms with Crippen LogP contribution in [-0.2, 0) is 11.2 Å². The predicted molar refractivity (Wildman–Crippen MR) is 124 cm³/mol. The van der Waals surface area contributed by atoms with Crippen LogP contribution in [0.25, 0.3) is 12.2 Å². The highest BCUT2D eigenvalue weighted by Gasteiger charge is 2.59. The van der Waals surface area contributed by atoms with Crippen LogP contribution >= 0.6 is 0 Å². The smallest absolute Gasteiger partial charge is 0.161 e. The van der Waals surface area contributed by atoms with Crippen molar-refractivity contribution < 1.29 is 9.90 Å². The van der Waals surface area contributed by atoms with Crippen molar-refractivity contribution in [3.63, 3.8) is 0 Å². The molecule has 0 aromatic carbocycles. The second kappa shape index (κ2) is 6.47. The lowest BCUT2D eigenvalue weighted by molar-refractivity contribution is -0.128. The molecule has 0 aliphatic heterocycles. The van der Waals surface area contributed by atoms with E-state index >= 15 is 0 Å². The van der Waals surface area contributed by atoms with Gasteiger partial charge in [-0.2, -0.15) is 0 Å². The van der Waals surface area contributed by atoms with Gasteiger partial charge in [-0.3, -0.25) is 4.79 Å². The Hall–Kier alpha value is -1.61. The minimum atomic E-state index is -0.931. The molecule has 166 valence electrons. The summed E-state index contributed by atoms with van der Waals surface area (Å²) in [5.41, 5.74) is 3.84. The zero-order chi connectivity index (χ0) is 21.7. The molecular formula is C28H37NO2. The first-order valence-corrected chi connectivity index (χ1v) is 12.6. The summed E-state index contributed by atoms with van der Waals surface area (Å²) in [5.74, 6) is 2.78. The van der Waals surface area contributed by atoms with E-state index in [2.05, 4.69) is 31.0 Å². The zero-order valence-electron chi connectivity index (χ0n) is 19.5. The van der Waals surface area contributed by atoms with Crippen molar-refractivity contribution in [2.45, 2.75) is 84.2 Å². The van der Waals surface area contributed by atoms with Gasteiger partial charge in [0.25, 0.3) is 0 Å². The maximum Gasteiger partial charge on any atom is 0.161 e. The molecule has 0 spiro atoms. The van der Waals surface area contributed by atoms with E-state index < -0.39 is 5.60 Å². The van der Waals surface area contributed by atoms with Crippen molar-refractivity contribution in [3.8, 4) is 0 Å². The number of allylic oxidation sites excluding steroid dienone is 2. The largest absolute Gasteiger partial charge is 0.390 e. The van der Waals surface area contributed by atoms with Crippen molar-refractivity contribution in [2.75, 3.05) is 0 Å². The van der Waals surface area contributed by atoms with Gasteiger partial charge in [0.1, 0.15) is 0 Å². The Bertz CT molecular complexity index is 1100. The molecule has 0 radical (unpaired) electrons. The minimum absolute atomic E-state index is 0.156. The maximum absolute atomic E-state index is 13.1. The van der Waals surface area contributed by atoms with E-state index in [0.717, 1.165) is 25.2 Å². The van der Waals surface area contributed by atoms with Crippen LogP contribution in [0.2, 0.25) is 0 Å². The molecule has 5 aliphatic rings. The molecule has 1 aromatic rings. The Labute approximate surface area is 185 Å². The lowest BCUT2D eigenvalue weighted by Crippen LogP contribution is -2.52. The summed E-state index contributed by atoms with van der Waals surface area (Å²) in [6.45, 7) is 8.58. The van der Waals surface area contributed by atoms with Crippen molar-refractivity contribution in [1.82, 2.24) is 4.98 Å². The summed E-state index contributed by atoms with van der Waals surface area (Å²) >= 11 is 0. The molecule has 5 aliphatic carbocycles. The average Bonchev–Trinajstić information content (AvgIpc) is 3.22. The quantitative estimate of drug-likeness (QED) is 0.723. The molecule has 3 nitrogen and oxygen atoms in total. The molecule has 3 heteroatoms. The number of carbonyl (C=O) groups excluding carboxylic acids is 1. The van der Waals surface area contributed by atoms with Crippen molar-refractivity contribution >= 4 is 17.9 Å². The van der Waals surface area contributed by atoms with Gasteiger partial charge in [-0.05, 0) is 105 Å². The minimum Gasteiger partial charge on any atom is -0.390 e. The Morgan fingerprint density at radius 3 is 2.71 bits per heavy atom. The Morgan fingerprint density at radius 2 is 1.94 bits per heavy atom. The van der Waals surface area contributed by atoms with Crippen LogP contribution < -0.4 is 10.6 Å². The highest BCUT2D eigenvalue weighted by atomic mass is 16.3. The third-order valence-corrected chi connectivity index (χ3v) is 9.87. The number of hydrogen-bond donors (Lipinski definition) is 2. The van der Waals surface area contributed by atoms with Crippen LogP contribution in [-0.4, -0.2) is 21.5 Å². The Balaban J connectivity index is 1.44. The van der Waals surface area contributed by atoms with E-state index in [1.807, 2.05) is 6.08 Å². The van der Waals surface area contributed by atoms with Crippen LogP contribution in [0, 0.1) is 35.0 Å². The van der Waals surface area contributed by atoms with Gasteiger partial charge in [0.05, 0.1) is 11.5 Å². The fraction of sp³-hybridized carbons (Fsp3) is 0.679. The molecule has 2 saturated carbocycles. The van der Waals surface area contributed by atoms with E-state index in [0.29, 0.717) is 23.7 Å². The number of carbonyl (C=O) groups is 1. The number of H-pyrrole nitrogens is 1. The molecule has 0 bridgehead atoms. The fourth-order valence-corrected chi connectivity index (χ4v) is 8.78. The lowest BCUT2D eigenvalue weighted by atomic mass is 9.46. The molecule has 1 heterocycles. The Morgan fingerprint density at radius 1 is 1.16 bits per heavy atom. The molecule has 6 rings (SSSR count). The first-order chi connectivity index (χ1) is 14.7. The second-order valence-corrected chi connectivity index (χ2v) is 12.2. The third-order valence-electron chi connectivity index (χ3n) is 9.87. The molecule has 7 atom stereocenters. The van der Waals surface area contributed by atoms with E-state index in [1.165, 1.54) is 47.5 Å². The molecule has 31 heavy (non-hydrogen) atoms. The van der Waals surface area contributed by atoms with Gasteiger partial charge in [0, 0.05) is 17.0 Å². The van der Waals surface area contributed by atoms with Crippen molar-refractivity contribution in [1.29, 1.82) is 0 Å². The number of hydrogen-bond acceptors (Lipinski definition) is 2. The first kappa shape index (κ1) is 20.0. The zero-order valence-corrected chi connectivity index (χ0v) is 19.5. The van der Waals surface area contributed by atoms with Gasteiger partial charge in [0.15, 0.2) is 5.78 Å². The molecule has 7 unspecified atom stereocenters. The maximum atomic E-state index is 13.1. The monoisotopic (exact) mass is 419 g/mol. The van der Waals surface area contributed by atoms with Crippen LogP contribution in [0.4, 0.5) is 0 Å². The molecule has 2 N–H and O–H groups in total. The molecule has 0 amide bonds. The number of nitrogens with one attached hydrogen (secondary N) is 1. The van der Waals surface area contributed by atoms with Crippen LogP contribution in [0.15, 0.2) is 11.6 Å². The Kier molecular flexibility index (Phi) is 4.18. The number of aromatic nitrogens is 1. The standard InChI is InChI=1S/C28H37NO2/c1-15-11-17-12-20-18-7-5-6-8-22(18)29-26(20)25(17)28(4)10-9-16-13-21(27(2,3)31)23(30)14-19(16)24(15)28/h7-8,14-17,21,24-25,29,31H,5-6,9-13H2,1-4H3. The van der Waals surface area contributed by atoms with Crippen molar-refractivity contribution in [3.05, 3.63) is 33.5 Å². The van der Waals surface area contributed by atoms with Gasteiger partial charge >= 0.3 is 0 Å². The lowest BCUT2D eigenvalue weighted by Gasteiger charge is -2.58. The first-order valence-electron chi connectivity index (χ1n) is 12.6.